The summed E-state index contributed by atoms with van der Waals surface area (Å²) in [6.07, 6.45) is 6.33. The zero-order valence-corrected chi connectivity index (χ0v) is 16.9. The number of carbonyl (C=O) groups is 1. The summed E-state index contributed by atoms with van der Waals surface area (Å²) in [5, 5.41) is 0.952. The second-order valence-electron chi connectivity index (χ2n) is 8.05. The number of amides is 1. The molecular formula is C20H27N3O4S. The molecule has 1 aromatic carbocycles. The van der Waals surface area contributed by atoms with Crippen molar-refractivity contribution in [3.8, 4) is 0 Å². The summed E-state index contributed by atoms with van der Waals surface area (Å²) >= 11 is 0. The number of nitrogens with one attached hydrogen (secondary N) is 2. The Morgan fingerprint density at radius 1 is 1.32 bits per heavy atom. The molecule has 1 unspecified atom stereocenters. The van der Waals surface area contributed by atoms with Crippen LogP contribution in [0.1, 0.15) is 36.0 Å². The fourth-order valence-corrected chi connectivity index (χ4v) is 5.02. The number of hydrogen-bond acceptors (Lipinski definition) is 4. The van der Waals surface area contributed by atoms with Gasteiger partial charge in [0.15, 0.2) is 0 Å². The molecule has 1 amide bonds. The van der Waals surface area contributed by atoms with Crippen molar-refractivity contribution >= 4 is 26.8 Å². The minimum atomic E-state index is -3.18. The number of aromatic nitrogens is 1. The Kier molecular flexibility index (Phi) is 5.20. The largest absolute Gasteiger partial charge is 0.375 e. The SMILES string of the molecule is CS(=O)(=O)NCC1CCOC2(CCN(C(=O)c3cccc4[nH]ccc34)CC2)C1. The summed E-state index contributed by atoms with van der Waals surface area (Å²) in [5.74, 6) is 0.338. The van der Waals surface area contributed by atoms with Gasteiger partial charge in [-0.25, -0.2) is 13.1 Å². The first kappa shape index (κ1) is 19.4. The fraction of sp³-hybridized carbons (Fsp3) is 0.550. The number of H-pyrrole nitrogens is 1. The lowest BCUT2D eigenvalue weighted by Crippen LogP contribution is -2.51. The first-order chi connectivity index (χ1) is 13.4. The van der Waals surface area contributed by atoms with Crippen LogP contribution in [0.2, 0.25) is 0 Å². The molecule has 7 nitrogen and oxygen atoms in total. The third-order valence-corrected chi connectivity index (χ3v) is 6.71. The highest BCUT2D eigenvalue weighted by Crippen LogP contribution is 2.38. The third-order valence-electron chi connectivity index (χ3n) is 6.02. The molecule has 8 heteroatoms. The summed E-state index contributed by atoms with van der Waals surface area (Å²) in [6, 6.07) is 7.70. The average Bonchev–Trinajstić information content (AvgIpc) is 3.15. The Balaban J connectivity index is 1.40. The zero-order valence-electron chi connectivity index (χ0n) is 16.1. The number of aromatic amines is 1. The van der Waals surface area contributed by atoms with Gasteiger partial charge >= 0.3 is 0 Å². The van der Waals surface area contributed by atoms with E-state index in [4.69, 9.17) is 4.74 Å². The first-order valence-corrected chi connectivity index (χ1v) is 11.7. The van der Waals surface area contributed by atoms with E-state index in [1.165, 1.54) is 6.26 Å². The standard InChI is InChI=1S/C20H27N3O4S/c1-28(25,26)22-14-15-6-12-27-20(13-15)7-10-23(11-8-20)19(24)17-3-2-4-18-16(17)5-9-21-18/h2-5,9,15,21-22H,6-8,10-14H2,1H3. The number of ether oxygens (including phenoxy) is 1. The van der Waals surface area contributed by atoms with Crippen molar-refractivity contribution in [1.82, 2.24) is 14.6 Å². The van der Waals surface area contributed by atoms with Crippen molar-refractivity contribution in [2.45, 2.75) is 31.3 Å². The summed E-state index contributed by atoms with van der Waals surface area (Å²) in [7, 11) is -3.18. The van der Waals surface area contributed by atoms with E-state index in [1.54, 1.807) is 0 Å². The van der Waals surface area contributed by atoms with Crippen molar-refractivity contribution in [2.75, 3.05) is 32.5 Å². The average molecular weight is 406 g/mol. The molecule has 0 aliphatic carbocycles. The molecule has 0 bridgehead atoms. The number of rotatable bonds is 4. The van der Waals surface area contributed by atoms with Crippen LogP contribution in [0.25, 0.3) is 10.9 Å². The molecule has 0 saturated carbocycles. The molecule has 1 aromatic heterocycles. The van der Waals surface area contributed by atoms with Gasteiger partial charge in [0.05, 0.1) is 11.9 Å². The van der Waals surface area contributed by atoms with Crippen molar-refractivity contribution in [3.63, 3.8) is 0 Å². The number of carbonyl (C=O) groups excluding carboxylic acids is 1. The highest BCUT2D eigenvalue weighted by atomic mass is 32.2. The van der Waals surface area contributed by atoms with Crippen molar-refractivity contribution < 1.29 is 17.9 Å². The normalized spacial score (nSPS) is 22.6. The van der Waals surface area contributed by atoms with E-state index in [9.17, 15) is 13.2 Å². The van der Waals surface area contributed by atoms with Gasteiger partial charge in [-0.05, 0) is 49.8 Å². The van der Waals surface area contributed by atoms with Crippen LogP contribution in [0.5, 0.6) is 0 Å². The van der Waals surface area contributed by atoms with E-state index < -0.39 is 10.0 Å². The van der Waals surface area contributed by atoms with Gasteiger partial charge in [0.1, 0.15) is 0 Å². The van der Waals surface area contributed by atoms with Crippen LogP contribution >= 0.6 is 0 Å². The lowest BCUT2D eigenvalue weighted by Gasteiger charge is -2.46. The smallest absolute Gasteiger partial charge is 0.254 e. The van der Waals surface area contributed by atoms with Gasteiger partial charge in [-0.2, -0.15) is 0 Å². The van der Waals surface area contributed by atoms with Crippen LogP contribution in [0.15, 0.2) is 30.5 Å². The first-order valence-electron chi connectivity index (χ1n) is 9.79. The summed E-state index contributed by atoms with van der Waals surface area (Å²) in [4.78, 5) is 18.1. The predicted octanol–water partition coefficient (Wildman–Crippen LogP) is 2.12. The van der Waals surface area contributed by atoms with E-state index >= 15 is 0 Å². The Labute approximate surface area is 165 Å². The van der Waals surface area contributed by atoms with Crippen molar-refractivity contribution in [1.29, 1.82) is 0 Å². The van der Waals surface area contributed by atoms with Gasteiger partial charge in [0.2, 0.25) is 10.0 Å². The quantitative estimate of drug-likeness (QED) is 0.815. The minimum absolute atomic E-state index is 0.0613. The molecule has 4 rings (SSSR count). The highest BCUT2D eigenvalue weighted by Gasteiger charge is 2.41. The van der Waals surface area contributed by atoms with Gasteiger partial charge in [0, 0.05) is 48.9 Å². The molecule has 2 fully saturated rings. The van der Waals surface area contributed by atoms with Gasteiger partial charge in [-0.3, -0.25) is 4.79 Å². The maximum atomic E-state index is 13.1. The molecular weight excluding hydrogens is 378 g/mol. The molecule has 1 atom stereocenters. The van der Waals surface area contributed by atoms with Gasteiger partial charge in [-0.15, -0.1) is 0 Å². The van der Waals surface area contributed by atoms with E-state index in [0.29, 0.717) is 26.2 Å². The number of nitrogens with zero attached hydrogens (tertiary/aromatic N) is 1. The van der Waals surface area contributed by atoms with Crippen LogP contribution in [0.3, 0.4) is 0 Å². The molecule has 2 aromatic rings. The second-order valence-corrected chi connectivity index (χ2v) is 9.88. The van der Waals surface area contributed by atoms with Crippen LogP contribution in [-0.4, -0.2) is 62.3 Å². The molecule has 0 radical (unpaired) electrons. The van der Waals surface area contributed by atoms with Crippen LogP contribution in [0, 0.1) is 5.92 Å². The van der Waals surface area contributed by atoms with E-state index in [-0.39, 0.29) is 17.4 Å². The maximum Gasteiger partial charge on any atom is 0.254 e. The number of fused-ring (bicyclic) bond motifs is 1. The van der Waals surface area contributed by atoms with E-state index in [2.05, 4.69) is 9.71 Å². The number of benzene rings is 1. The van der Waals surface area contributed by atoms with Crippen LogP contribution in [-0.2, 0) is 14.8 Å². The zero-order chi connectivity index (χ0) is 19.8. The lowest BCUT2D eigenvalue weighted by molar-refractivity contribution is -0.122. The Morgan fingerprint density at radius 3 is 2.86 bits per heavy atom. The molecule has 28 heavy (non-hydrogen) atoms. The molecule has 1 spiro atoms. The molecule has 2 saturated heterocycles. The van der Waals surface area contributed by atoms with Gasteiger partial charge < -0.3 is 14.6 Å². The number of likely N-dealkylation sites (tertiary alicyclic amines) is 1. The van der Waals surface area contributed by atoms with Gasteiger partial charge in [0.25, 0.3) is 5.91 Å². The number of hydrogen-bond donors (Lipinski definition) is 2. The lowest BCUT2D eigenvalue weighted by atomic mass is 9.79. The molecule has 152 valence electrons. The summed E-state index contributed by atoms with van der Waals surface area (Å²) in [6.45, 7) is 2.42. The van der Waals surface area contributed by atoms with E-state index in [1.807, 2.05) is 35.4 Å². The number of sulfonamides is 1. The molecule has 3 heterocycles. The second kappa shape index (κ2) is 7.50. The Hall–Kier alpha value is -1.90. The molecule has 2 N–H and O–H groups in total. The van der Waals surface area contributed by atoms with Gasteiger partial charge in [-0.1, -0.05) is 6.07 Å². The topological polar surface area (TPSA) is 91.5 Å². The Bertz CT molecular complexity index is 961. The summed E-state index contributed by atoms with van der Waals surface area (Å²) in [5.41, 5.74) is 1.46. The van der Waals surface area contributed by atoms with Crippen LogP contribution < -0.4 is 4.72 Å². The Morgan fingerprint density at radius 2 is 2.11 bits per heavy atom. The fourth-order valence-electron chi connectivity index (χ4n) is 4.48. The minimum Gasteiger partial charge on any atom is -0.375 e. The molecule has 2 aliphatic rings. The highest BCUT2D eigenvalue weighted by molar-refractivity contribution is 7.88. The van der Waals surface area contributed by atoms with E-state index in [0.717, 1.165) is 42.1 Å². The summed E-state index contributed by atoms with van der Waals surface area (Å²) < 4.78 is 31.5. The number of piperidine rings is 1. The maximum absolute atomic E-state index is 13.1. The van der Waals surface area contributed by atoms with Crippen molar-refractivity contribution in [2.24, 2.45) is 5.92 Å². The van der Waals surface area contributed by atoms with Crippen molar-refractivity contribution in [3.05, 3.63) is 36.0 Å². The monoisotopic (exact) mass is 405 g/mol. The predicted molar refractivity (Wildman–Crippen MR) is 108 cm³/mol. The van der Waals surface area contributed by atoms with Crippen LogP contribution in [0.4, 0.5) is 0 Å². The molecule has 2 aliphatic heterocycles. The third kappa shape index (κ3) is 4.09.